The number of hydrogen-bond donors (Lipinski definition) is 0. The molecule has 6 heteroatoms. The molecular formula is C22H22N2O4. The summed E-state index contributed by atoms with van der Waals surface area (Å²) in [5, 5.41) is 0. The van der Waals surface area contributed by atoms with Gasteiger partial charge in [0.05, 0.1) is 17.2 Å². The van der Waals surface area contributed by atoms with Crippen molar-refractivity contribution in [2.45, 2.75) is 25.0 Å². The van der Waals surface area contributed by atoms with Gasteiger partial charge in [-0.05, 0) is 43.7 Å². The highest BCUT2D eigenvalue weighted by Gasteiger charge is 2.41. The van der Waals surface area contributed by atoms with Crippen molar-refractivity contribution in [3.8, 4) is 11.5 Å². The van der Waals surface area contributed by atoms with E-state index in [0.717, 1.165) is 30.9 Å². The number of piperidine rings is 1. The molecule has 0 bridgehead atoms. The van der Waals surface area contributed by atoms with Crippen LogP contribution in [0.15, 0.2) is 48.5 Å². The lowest BCUT2D eigenvalue weighted by Crippen LogP contribution is -2.52. The molecule has 3 aliphatic rings. The van der Waals surface area contributed by atoms with E-state index >= 15 is 0 Å². The largest absolute Gasteiger partial charge is 0.486 e. The second-order valence-corrected chi connectivity index (χ2v) is 7.58. The maximum absolute atomic E-state index is 12.8. The summed E-state index contributed by atoms with van der Waals surface area (Å²) in [7, 11) is 0. The van der Waals surface area contributed by atoms with Crippen LogP contribution in [-0.4, -0.2) is 60.0 Å². The number of ether oxygens (including phenoxy) is 2. The standard InChI is InChI=1S/C22H22N2O4/c25-21-17-7-1-2-8-18(17)22(26)24(21)15-6-5-11-23(12-15)13-16-14-27-19-9-3-4-10-20(19)28-16/h1-4,7-10,15-16H,5-6,11-14H2. The summed E-state index contributed by atoms with van der Waals surface area (Å²) in [5.41, 5.74) is 1.04. The Labute approximate surface area is 163 Å². The molecule has 2 amide bonds. The number of amides is 2. The van der Waals surface area contributed by atoms with Gasteiger partial charge in [-0.2, -0.15) is 0 Å². The van der Waals surface area contributed by atoms with Gasteiger partial charge in [-0.25, -0.2) is 0 Å². The number of benzene rings is 2. The first kappa shape index (κ1) is 17.3. The minimum Gasteiger partial charge on any atom is -0.486 e. The number of carbonyl (C=O) groups is 2. The van der Waals surface area contributed by atoms with Gasteiger partial charge in [0.2, 0.25) is 0 Å². The molecule has 3 heterocycles. The second-order valence-electron chi connectivity index (χ2n) is 7.58. The third-order valence-electron chi connectivity index (χ3n) is 5.70. The molecule has 2 aromatic carbocycles. The van der Waals surface area contributed by atoms with E-state index in [9.17, 15) is 9.59 Å². The Morgan fingerprint density at radius 2 is 1.61 bits per heavy atom. The molecule has 2 aromatic rings. The van der Waals surface area contributed by atoms with Crippen LogP contribution in [0.4, 0.5) is 0 Å². The Hall–Kier alpha value is -2.86. The van der Waals surface area contributed by atoms with Crippen LogP contribution in [0.5, 0.6) is 11.5 Å². The average molecular weight is 378 g/mol. The maximum atomic E-state index is 12.8. The lowest BCUT2D eigenvalue weighted by atomic mass is 10.0. The van der Waals surface area contributed by atoms with Crippen LogP contribution in [0.2, 0.25) is 0 Å². The Morgan fingerprint density at radius 1 is 0.929 bits per heavy atom. The second kappa shape index (κ2) is 6.95. The van der Waals surface area contributed by atoms with Crippen molar-refractivity contribution in [1.82, 2.24) is 9.80 Å². The topological polar surface area (TPSA) is 59.1 Å². The highest BCUT2D eigenvalue weighted by atomic mass is 16.6. The van der Waals surface area contributed by atoms with Crippen molar-refractivity contribution in [2.75, 3.05) is 26.2 Å². The number of imide groups is 1. The van der Waals surface area contributed by atoms with Gasteiger partial charge < -0.3 is 9.47 Å². The zero-order valence-electron chi connectivity index (χ0n) is 15.5. The molecule has 2 unspecified atom stereocenters. The lowest BCUT2D eigenvalue weighted by molar-refractivity contribution is 0.0300. The predicted octanol–water partition coefficient (Wildman–Crippen LogP) is 2.59. The van der Waals surface area contributed by atoms with Gasteiger partial charge >= 0.3 is 0 Å². The van der Waals surface area contributed by atoms with Crippen molar-refractivity contribution in [2.24, 2.45) is 0 Å². The fourth-order valence-corrected chi connectivity index (χ4v) is 4.39. The van der Waals surface area contributed by atoms with Gasteiger partial charge in [0.25, 0.3) is 11.8 Å². The monoisotopic (exact) mass is 378 g/mol. The fraction of sp³-hybridized carbons (Fsp3) is 0.364. The Bertz CT molecular complexity index is 893. The van der Waals surface area contributed by atoms with Crippen molar-refractivity contribution >= 4 is 11.8 Å². The molecule has 5 rings (SSSR count). The summed E-state index contributed by atoms with van der Waals surface area (Å²) in [6, 6.07) is 14.7. The van der Waals surface area contributed by atoms with Gasteiger partial charge in [-0.3, -0.25) is 19.4 Å². The molecule has 2 atom stereocenters. The van der Waals surface area contributed by atoms with Gasteiger partial charge in [-0.15, -0.1) is 0 Å². The molecule has 28 heavy (non-hydrogen) atoms. The minimum absolute atomic E-state index is 0.0594. The zero-order chi connectivity index (χ0) is 19.1. The van der Waals surface area contributed by atoms with Crippen LogP contribution >= 0.6 is 0 Å². The van der Waals surface area contributed by atoms with E-state index in [0.29, 0.717) is 30.8 Å². The summed E-state index contributed by atoms with van der Waals surface area (Å²) in [5.74, 6) is 1.21. The molecule has 144 valence electrons. The third-order valence-corrected chi connectivity index (χ3v) is 5.70. The van der Waals surface area contributed by atoms with Crippen molar-refractivity contribution in [1.29, 1.82) is 0 Å². The van der Waals surface area contributed by atoms with E-state index < -0.39 is 0 Å². The van der Waals surface area contributed by atoms with Gasteiger partial charge in [-0.1, -0.05) is 24.3 Å². The summed E-state index contributed by atoms with van der Waals surface area (Å²) >= 11 is 0. The minimum atomic E-state index is -0.168. The molecule has 0 saturated carbocycles. The van der Waals surface area contributed by atoms with E-state index in [1.165, 1.54) is 4.90 Å². The molecule has 1 saturated heterocycles. The van der Waals surface area contributed by atoms with Crippen LogP contribution in [0, 0.1) is 0 Å². The first-order valence-electron chi connectivity index (χ1n) is 9.78. The smallest absolute Gasteiger partial charge is 0.261 e. The highest BCUT2D eigenvalue weighted by molar-refractivity contribution is 6.21. The zero-order valence-corrected chi connectivity index (χ0v) is 15.5. The quantitative estimate of drug-likeness (QED) is 0.769. The normalized spacial score (nSPS) is 24.4. The van der Waals surface area contributed by atoms with Crippen molar-refractivity contribution in [3.63, 3.8) is 0 Å². The highest BCUT2D eigenvalue weighted by Crippen LogP contribution is 2.32. The van der Waals surface area contributed by atoms with Crippen LogP contribution in [-0.2, 0) is 0 Å². The van der Waals surface area contributed by atoms with Crippen molar-refractivity contribution in [3.05, 3.63) is 59.7 Å². The van der Waals surface area contributed by atoms with Gasteiger partial charge in [0.1, 0.15) is 12.7 Å². The summed E-state index contributed by atoms with van der Waals surface area (Å²) in [6.07, 6.45) is 1.73. The number of carbonyl (C=O) groups excluding carboxylic acids is 2. The number of rotatable bonds is 3. The SMILES string of the molecule is O=C1c2ccccc2C(=O)N1C1CCCN(CC2COc3ccccc3O2)C1. The van der Waals surface area contributed by atoms with E-state index in [1.54, 1.807) is 24.3 Å². The molecule has 0 spiro atoms. The van der Waals surface area contributed by atoms with Crippen LogP contribution in [0.25, 0.3) is 0 Å². The first-order chi connectivity index (χ1) is 13.7. The summed E-state index contributed by atoms with van der Waals surface area (Å²) < 4.78 is 11.9. The number of hydrogen-bond acceptors (Lipinski definition) is 5. The number of nitrogens with zero attached hydrogens (tertiary/aromatic N) is 2. The van der Waals surface area contributed by atoms with Crippen LogP contribution in [0.3, 0.4) is 0 Å². The average Bonchev–Trinajstić information content (AvgIpc) is 2.99. The van der Waals surface area contributed by atoms with E-state index in [-0.39, 0.29) is 24.0 Å². The molecule has 0 radical (unpaired) electrons. The molecule has 0 N–H and O–H groups in total. The molecule has 0 aliphatic carbocycles. The van der Waals surface area contributed by atoms with E-state index in [2.05, 4.69) is 4.90 Å². The van der Waals surface area contributed by atoms with Crippen LogP contribution < -0.4 is 9.47 Å². The van der Waals surface area contributed by atoms with E-state index in [4.69, 9.17) is 9.47 Å². The summed E-state index contributed by atoms with van der Waals surface area (Å²) in [6.45, 7) is 2.83. The summed E-state index contributed by atoms with van der Waals surface area (Å²) in [4.78, 5) is 29.3. The Morgan fingerprint density at radius 3 is 2.36 bits per heavy atom. The Kier molecular flexibility index (Phi) is 4.28. The first-order valence-corrected chi connectivity index (χ1v) is 9.78. The molecule has 6 nitrogen and oxygen atoms in total. The van der Waals surface area contributed by atoms with Crippen molar-refractivity contribution < 1.29 is 19.1 Å². The fourth-order valence-electron chi connectivity index (χ4n) is 4.39. The third kappa shape index (κ3) is 2.94. The van der Waals surface area contributed by atoms with Crippen LogP contribution in [0.1, 0.15) is 33.6 Å². The molecular weight excluding hydrogens is 356 g/mol. The number of para-hydroxylation sites is 2. The van der Waals surface area contributed by atoms with E-state index in [1.807, 2.05) is 24.3 Å². The maximum Gasteiger partial charge on any atom is 0.261 e. The molecule has 1 fully saturated rings. The molecule has 0 aromatic heterocycles. The number of fused-ring (bicyclic) bond motifs is 2. The Balaban J connectivity index is 1.26. The number of likely N-dealkylation sites (tertiary alicyclic amines) is 1. The predicted molar refractivity (Wildman–Crippen MR) is 103 cm³/mol. The molecule has 3 aliphatic heterocycles. The van der Waals surface area contributed by atoms with Gasteiger partial charge in [0, 0.05) is 13.1 Å². The lowest BCUT2D eigenvalue weighted by Gasteiger charge is -2.38. The van der Waals surface area contributed by atoms with Gasteiger partial charge in [0.15, 0.2) is 11.5 Å².